The summed E-state index contributed by atoms with van der Waals surface area (Å²) < 4.78 is 18.4. The summed E-state index contributed by atoms with van der Waals surface area (Å²) in [7, 11) is 0. The predicted octanol–water partition coefficient (Wildman–Crippen LogP) is 2.88. The highest BCUT2D eigenvalue weighted by molar-refractivity contribution is 5.75. The maximum atomic E-state index is 13.1. The summed E-state index contributed by atoms with van der Waals surface area (Å²) in [4.78, 5) is 10.6. The van der Waals surface area contributed by atoms with E-state index in [2.05, 4.69) is 0 Å². The number of hydrogen-bond donors (Lipinski definition) is 0. The minimum atomic E-state index is -0.265. The van der Waals surface area contributed by atoms with E-state index >= 15 is 0 Å². The largest absolute Gasteiger partial charge is 0.493 e. The lowest BCUT2D eigenvalue weighted by Crippen LogP contribution is -2.00. The molecule has 0 amide bonds. The molecule has 1 aromatic carbocycles. The first kappa shape index (κ1) is 11.7. The van der Waals surface area contributed by atoms with E-state index in [1.54, 1.807) is 26.0 Å². The van der Waals surface area contributed by atoms with Crippen LogP contribution in [0.4, 0.5) is 4.39 Å². The number of halogens is 1. The Bertz CT molecular complexity index is 347. The zero-order valence-corrected chi connectivity index (χ0v) is 9.05. The van der Waals surface area contributed by atoms with Crippen LogP contribution in [0.25, 0.3) is 0 Å². The first-order valence-corrected chi connectivity index (χ1v) is 4.98. The third kappa shape index (κ3) is 4.11. The van der Waals surface area contributed by atoms with Crippen molar-refractivity contribution in [2.45, 2.75) is 26.7 Å². The van der Waals surface area contributed by atoms with Crippen molar-refractivity contribution in [3.8, 4) is 5.75 Å². The van der Waals surface area contributed by atoms with E-state index in [1.807, 2.05) is 0 Å². The zero-order valence-electron chi connectivity index (χ0n) is 9.05. The Balaban J connectivity index is 2.38. The molecule has 1 rings (SSSR count). The molecule has 0 radical (unpaired) electrons. The fraction of sp³-hybridized carbons (Fsp3) is 0.417. The molecule has 3 heteroatoms. The Morgan fingerprint density at radius 1 is 1.47 bits per heavy atom. The van der Waals surface area contributed by atoms with Gasteiger partial charge in [-0.3, -0.25) is 0 Å². The van der Waals surface area contributed by atoms with Crippen LogP contribution in [-0.2, 0) is 4.79 Å². The molecule has 0 saturated carbocycles. The third-order valence-corrected chi connectivity index (χ3v) is 2.09. The Labute approximate surface area is 89.1 Å². The summed E-state index contributed by atoms with van der Waals surface area (Å²) >= 11 is 0. The monoisotopic (exact) mass is 210 g/mol. The standard InChI is InChI=1S/C12H15FO2/c1-9-5-6-11(8-12(9)13)15-7-3-4-10(2)14/h5-6,8H,3-4,7H2,1-2H3. The Kier molecular flexibility index (Phi) is 4.28. The second-order valence-corrected chi connectivity index (χ2v) is 3.57. The molecule has 2 nitrogen and oxygen atoms in total. The van der Waals surface area contributed by atoms with E-state index < -0.39 is 0 Å². The molecule has 15 heavy (non-hydrogen) atoms. The molecule has 0 bridgehead atoms. The lowest BCUT2D eigenvalue weighted by molar-refractivity contribution is -0.117. The van der Waals surface area contributed by atoms with E-state index in [-0.39, 0.29) is 11.6 Å². The van der Waals surface area contributed by atoms with Gasteiger partial charge in [0.15, 0.2) is 0 Å². The van der Waals surface area contributed by atoms with Crippen molar-refractivity contribution in [1.29, 1.82) is 0 Å². The van der Waals surface area contributed by atoms with Gasteiger partial charge in [0.1, 0.15) is 17.3 Å². The van der Waals surface area contributed by atoms with Gasteiger partial charge >= 0.3 is 0 Å². The predicted molar refractivity (Wildman–Crippen MR) is 56.5 cm³/mol. The van der Waals surface area contributed by atoms with Gasteiger partial charge in [-0.15, -0.1) is 0 Å². The lowest BCUT2D eigenvalue weighted by atomic mass is 10.2. The molecule has 82 valence electrons. The molecule has 0 unspecified atom stereocenters. The number of ether oxygens (including phenoxy) is 1. The van der Waals surface area contributed by atoms with Crippen molar-refractivity contribution >= 4 is 5.78 Å². The Morgan fingerprint density at radius 2 is 2.20 bits per heavy atom. The summed E-state index contributed by atoms with van der Waals surface area (Å²) in [5.74, 6) is 0.398. The van der Waals surface area contributed by atoms with Crippen LogP contribution in [-0.4, -0.2) is 12.4 Å². The quantitative estimate of drug-likeness (QED) is 0.698. The highest BCUT2D eigenvalue weighted by Crippen LogP contribution is 2.15. The molecule has 0 spiro atoms. The smallest absolute Gasteiger partial charge is 0.129 e. The molecule has 0 atom stereocenters. The van der Waals surface area contributed by atoms with Crippen molar-refractivity contribution in [1.82, 2.24) is 0 Å². The van der Waals surface area contributed by atoms with Crippen LogP contribution in [0.5, 0.6) is 5.75 Å². The van der Waals surface area contributed by atoms with Crippen LogP contribution in [0.1, 0.15) is 25.3 Å². The molecule has 1 aromatic rings. The molecule has 0 fully saturated rings. The molecule has 0 aliphatic carbocycles. The van der Waals surface area contributed by atoms with Crippen molar-refractivity contribution in [3.05, 3.63) is 29.6 Å². The van der Waals surface area contributed by atoms with Gasteiger partial charge in [0, 0.05) is 12.5 Å². The van der Waals surface area contributed by atoms with Crippen molar-refractivity contribution in [3.63, 3.8) is 0 Å². The van der Waals surface area contributed by atoms with Crippen molar-refractivity contribution in [2.75, 3.05) is 6.61 Å². The summed E-state index contributed by atoms with van der Waals surface area (Å²) in [5, 5.41) is 0. The summed E-state index contributed by atoms with van der Waals surface area (Å²) in [6, 6.07) is 4.77. The van der Waals surface area contributed by atoms with E-state index in [9.17, 15) is 9.18 Å². The number of ketones is 1. The van der Waals surface area contributed by atoms with Gasteiger partial charge in [-0.25, -0.2) is 4.39 Å². The van der Waals surface area contributed by atoms with Gasteiger partial charge in [0.2, 0.25) is 0 Å². The maximum absolute atomic E-state index is 13.1. The number of aryl methyl sites for hydroxylation is 1. The highest BCUT2D eigenvalue weighted by atomic mass is 19.1. The van der Waals surface area contributed by atoms with Crippen LogP contribution in [0.15, 0.2) is 18.2 Å². The van der Waals surface area contributed by atoms with Crippen LogP contribution >= 0.6 is 0 Å². The van der Waals surface area contributed by atoms with Crippen LogP contribution in [0.3, 0.4) is 0 Å². The van der Waals surface area contributed by atoms with Crippen molar-refractivity contribution in [2.24, 2.45) is 0 Å². The highest BCUT2D eigenvalue weighted by Gasteiger charge is 2.00. The molecule has 0 aliphatic rings. The van der Waals surface area contributed by atoms with E-state index in [0.717, 1.165) is 0 Å². The Morgan fingerprint density at radius 3 is 2.80 bits per heavy atom. The fourth-order valence-corrected chi connectivity index (χ4v) is 1.17. The first-order valence-electron chi connectivity index (χ1n) is 4.98. The Hall–Kier alpha value is -1.38. The van der Waals surface area contributed by atoms with Gasteiger partial charge < -0.3 is 9.53 Å². The molecule has 0 aromatic heterocycles. The lowest BCUT2D eigenvalue weighted by Gasteiger charge is -2.06. The minimum absolute atomic E-state index is 0.147. The van der Waals surface area contributed by atoms with E-state index in [0.29, 0.717) is 30.8 Å². The summed E-state index contributed by atoms with van der Waals surface area (Å²) in [5.41, 5.74) is 0.603. The number of hydrogen-bond acceptors (Lipinski definition) is 2. The fourth-order valence-electron chi connectivity index (χ4n) is 1.17. The number of benzene rings is 1. The molecular weight excluding hydrogens is 195 g/mol. The second-order valence-electron chi connectivity index (χ2n) is 3.57. The molecule has 0 heterocycles. The first-order chi connectivity index (χ1) is 7.09. The second kappa shape index (κ2) is 5.49. The molecule has 0 saturated heterocycles. The number of Topliss-reactive ketones (excluding diaryl/α,β-unsaturated/α-hetero) is 1. The van der Waals surface area contributed by atoms with E-state index in [4.69, 9.17) is 4.74 Å². The zero-order chi connectivity index (χ0) is 11.3. The normalized spacial score (nSPS) is 10.1. The molecule has 0 aliphatic heterocycles. The molecule has 0 N–H and O–H groups in total. The van der Waals surface area contributed by atoms with E-state index in [1.165, 1.54) is 6.07 Å². The van der Waals surface area contributed by atoms with Gasteiger partial charge in [-0.05, 0) is 31.9 Å². The van der Waals surface area contributed by atoms with Crippen molar-refractivity contribution < 1.29 is 13.9 Å². The summed E-state index contributed by atoms with van der Waals surface area (Å²) in [6.07, 6.45) is 1.18. The third-order valence-electron chi connectivity index (χ3n) is 2.09. The van der Waals surface area contributed by atoms with Gasteiger partial charge in [-0.1, -0.05) is 6.07 Å². The maximum Gasteiger partial charge on any atom is 0.129 e. The average Bonchev–Trinajstić information content (AvgIpc) is 2.18. The van der Waals surface area contributed by atoms with Crippen LogP contribution < -0.4 is 4.74 Å². The van der Waals surface area contributed by atoms with Crippen LogP contribution in [0.2, 0.25) is 0 Å². The topological polar surface area (TPSA) is 26.3 Å². The van der Waals surface area contributed by atoms with Gasteiger partial charge in [-0.2, -0.15) is 0 Å². The SMILES string of the molecule is CC(=O)CCCOc1ccc(C)c(F)c1. The van der Waals surface area contributed by atoms with Gasteiger partial charge in [0.25, 0.3) is 0 Å². The average molecular weight is 210 g/mol. The number of carbonyl (C=O) groups excluding carboxylic acids is 1. The van der Waals surface area contributed by atoms with Crippen LogP contribution in [0, 0.1) is 12.7 Å². The molecular formula is C12H15FO2. The minimum Gasteiger partial charge on any atom is -0.493 e. The van der Waals surface area contributed by atoms with Gasteiger partial charge in [0.05, 0.1) is 6.61 Å². The number of rotatable bonds is 5. The number of carbonyl (C=O) groups is 1. The summed E-state index contributed by atoms with van der Waals surface area (Å²) in [6.45, 7) is 3.70.